The van der Waals surface area contributed by atoms with Gasteiger partial charge in [0.25, 0.3) is 0 Å². The SMILES string of the molecule is COc1cc(O)c2c(=O)c(-c3cc(OC)c(OC)c(OC)c3)c(-c3ccc(OC)c(N)c3)oc2c1. The summed E-state index contributed by atoms with van der Waals surface area (Å²) in [5, 5.41) is 10.6. The van der Waals surface area contributed by atoms with Crippen LogP contribution in [-0.2, 0) is 0 Å². The maximum atomic E-state index is 13.9. The number of benzene rings is 3. The van der Waals surface area contributed by atoms with E-state index in [0.29, 0.717) is 45.6 Å². The van der Waals surface area contributed by atoms with Crippen LogP contribution in [0.2, 0.25) is 0 Å². The van der Waals surface area contributed by atoms with E-state index in [9.17, 15) is 9.90 Å². The maximum absolute atomic E-state index is 13.9. The second kappa shape index (κ2) is 9.38. The maximum Gasteiger partial charge on any atom is 0.204 e. The number of hydrogen-bond acceptors (Lipinski definition) is 9. The average Bonchev–Trinajstić information content (AvgIpc) is 2.86. The van der Waals surface area contributed by atoms with Crippen LogP contribution in [0.3, 0.4) is 0 Å². The zero-order chi connectivity index (χ0) is 25.3. The van der Waals surface area contributed by atoms with Crippen molar-refractivity contribution in [3.63, 3.8) is 0 Å². The van der Waals surface area contributed by atoms with Crippen LogP contribution in [0, 0.1) is 0 Å². The van der Waals surface area contributed by atoms with Crippen molar-refractivity contribution in [2.75, 3.05) is 41.3 Å². The summed E-state index contributed by atoms with van der Waals surface area (Å²) in [6.07, 6.45) is 0. The van der Waals surface area contributed by atoms with Gasteiger partial charge in [-0.25, -0.2) is 0 Å². The lowest BCUT2D eigenvalue weighted by molar-refractivity contribution is 0.324. The first-order valence-electron chi connectivity index (χ1n) is 10.5. The van der Waals surface area contributed by atoms with Gasteiger partial charge in [-0.2, -0.15) is 0 Å². The quantitative estimate of drug-likeness (QED) is 0.370. The summed E-state index contributed by atoms with van der Waals surface area (Å²) in [5.74, 6) is 1.82. The molecule has 0 amide bonds. The van der Waals surface area contributed by atoms with E-state index in [1.54, 1.807) is 30.3 Å². The molecule has 0 spiro atoms. The third-order valence-corrected chi connectivity index (χ3v) is 5.63. The highest BCUT2D eigenvalue weighted by atomic mass is 16.5. The summed E-state index contributed by atoms with van der Waals surface area (Å²) >= 11 is 0. The summed E-state index contributed by atoms with van der Waals surface area (Å²) in [7, 11) is 7.41. The number of phenols is 1. The lowest BCUT2D eigenvalue weighted by Crippen LogP contribution is -2.09. The molecule has 9 heteroatoms. The molecule has 35 heavy (non-hydrogen) atoms. The Morgan fingerprint density at radius 1 is 0.771 bits per heavy atom. The summed E-state index contributed by atoms with van der Waals surface area (Å²) in [6, 6.07) is 11.2. The van der Waals surface area contributed by atoms with Crippen LogP contribution >= 0.6 is 0 Å². The summed E-state index contributed by atoms with van der Waals surface area (Å²) in [6.45, 7) is 0. The molecule has 0 saturated heterocycles. The lowest BCUT2D eigenvalue weighted by Gasteiger charge is -2.17. The fraction of sp³-hybridized carbons (Fsp3) is 0.192. The Labute approximate surface area is 201 Å². The molecule has 0 saturated carbocycles. The van der Waals surface area contributed by atoms with Crippen LogP contribution in [0.1, 0.15) is 0 Å². The standard InChI is InChI=1S/C26H25NO8/c1-30-15-11-17(28)23-19(12-15)35-25(13-6-7-18(31-2)16(27)8-13)22(24(23)29)14-9-20(32-3)26(34-5)21(10-14)33-4/h6-12,28H,27H2,1-5H3. The Bertz CT molecular complexity index is 1450. The molecular formula is C26H25NO8. The minimum absolute atomic E-state index is 0.000199. The van der Waals surface area contributed by atoms with Gasteiger partial charge in [0.15, 0.2) is 11.5 Å². The fourth-order valence-corrected chi connectivity index (χ4v) is 3.96. The first-order chi connectivity index (χ1) is 16.9. The Morgan fingerprint density at radius 2 is 1.43 bits per heavy atom. The Kier molecular flexibility index (Phi) is 6.33. The molecule has 0 radical (unpaired) electrons. The highest BCUT2D eigenvalue weighted by molar-refractivity contribution is 5.94. The zero-order valence-corrected chi connectivity index (χ0v) is 19.9. The van der Waals surface area contributed by atoms with E-state index in [4.69, 9.17) is 33.8 Å². The van der Waals surface area contributed by atoms with Crippen LogP contribution in [-0.4, -0.2) is 40.7 Å². The van der Waals surface area contributed by atoms with Gasteiger partial charge in [0, 0.05) is 17.7 Å². The fourth-order valence-electron chi connectivity index (χ4n) is 3.96. The van der Waals surface area contributed by atoms with E-state index in [1.807, 2.05) is 0 Å². The molecule has 3 N–H and O–H groups in total. The van der Waals surface area contributed by atoms with E-state index >= 15 is 0 Å². The van der Waals surface area contributed by atoms with Crippen molar-refractivity contribution in [2.24, 2.45) is 0 Å². The molecular weight excluding hydrogens is 454 g/mol. The van der Waals surface area contributed by atoms with Gasteiger partial charge in [-0.1, -0.05) is 0 Å². The first-order valence-corrected chi connectivity index (χ1v) is 10.5. The van der Waals surface area contributed by atoms with Crippen molar-refractivity contribution in [3.8, 4) is 56.9 Å². The number of ether oxygens (including phenoxy) is 5. The smallest absolute Gasteiger partial charge is 0.204 e. The number of methoxy groups -OCH3 is 5. The van der Waals surface area contributed by atoms with Gasteiger partial charge in [-0.05, 0) is 35.9 Å². The predicted molar refractivity (Wildman–Crippen MR) is 132 cm³/mol. The molecule has 3 aromatic carbocycles. The number of hydrogen-bond donors (Lipinski definition) is 2. The van der Waals surface area contributed by atoms with Crippen LogP contribution in [0.15, 0.2) is 51.7 Å². The Morgan fingerprint density at radius 3 is 1.97 bits per heavy atom. The monoisotopic (exact) mass is 479 g/mol. The molecule has 0 unspecified atom stereocenters. The number of phenolic OH excluding ortho intramolecular Hbond substituents is 1. The third kappa shape index (κ3) is 4.01. The predicted octanol–water partition coefficient (Wildman–Crippen LogP) is 4.46. The molecule has 0 aliphatic heterocycles. The van der Waals surface area contributed by atoms with Crippen LogP contribution < -0.4 is 34.8 Å². The summed E-state index contributed by atoms with van der Waals surface area (Å²) < 4.78 is 33.1. The molecule has 0 aliphatic rings. The number of fused-ring (bicyclic) bond motifs is 1. The molecule has 0 fully saturated rings. The van der Waals surface area contributed by atoms with Gasteiger partial charge in [0.05, 0.1) is 46.8 Å². The van der Waals surface area contributed by atoms with Crippen LogP contribution in [0.5, 0.6) is 34.5 Å². The van der Waals surface area contributed by atoms with E-state index in [2.05, 4.69) is 0 Å². The van der Waals surface area contributed by atoms with Crippen molar-refractivity contribution < 1.29 is 33.2 Å². The van der Waals surface area contributed by atoms with Crippen LogP contribution in [0.25, 0.3) is 33.4 Å². The Hall–Kier alpha value is -4.53. The van der Waals surface area contributed by atoms with Crippen molar-refractivity contribution in [1.29, 1.82) is 0 Å². The average molecular weight is 479 g/mol. The minimum atomic E-state index is -0.468. The molecule has 9 nitrogen and oxygen atoms in total. The molecule has 1 heterocycles. The van der Waals surface area contributed by atoms with Gasteiger partial charge in [-0.3, -0.25) is 4.79 Å². The normalized spacial score (nSPS) is 10.8. The molecule has 182 valence electrons. The Balaban J connectivity index is 2.14. The zero-order valence-electron chi connectivity index (χ0n) is 19.9. The number of anilines is 1. The number of aromatic hydroxyl groups is 1. The van der Waals surface area contributed by atoms with Gasteiger partial charge in [-0.15, -0.1) is 0 Å². The van der Waals surface area contributed by atoms with E-state index in [-0.39, 0.29) is 28.0 Å². The minimum Gasteiger partial charge on any atom is -0.507 e. The third-order valence-electron chi connectivity index (χ3n) is 5.63. The van der Waals surface area contributed by atoms with E-state index in [1.165, 1.54) is 47.7 Å². The van der Waals surface area contributed by atoms with E-state index in [0.717, 1.165) is 0 Å². The number of rotatable bonds is 7. The van der Waals surface area contributed by atoms with Gasteiger partial charge < -0.3 is 38.9 Å². The first kappa shape index (κ1) is 23.6. The lowest BCUT2D eigenvalue weighted by atomic mass is 9.97. The highest BCUT2D eigenvalue weighted by Gasteiger charge is 2.24. The van der Waals surface area contributed by atoms with Crippen molar-refractivity contribution >= 4 is 16.7 Å². The molecule has 0 atom stereocenters. The van der Waals surface area contributed by atoms with Crippen LogP contribution in [0.4, 0.5) is 5.69 Å². The molecule has 4 aromatic rings. The second-order valence-electron chi connectivity index (χ2n) is 7.53. The topological polar surface area (TPSA) is 123 Å². The van der Waals surface area contributed by atoms with Gasteiger partial charge in [0.2, 0.25) is 11.2 Å². The highest BCUT2D eigenvalue weighted by Crippen LogP contribution is 2.44. The molecule has 4 rings (SSSR count). The summed E-state index contributed by atoms with van der Waals surface area (Å²) in [5.41, 5.74) is 7.30. The van der Waals surface area contributed by atoms with E-state index < -0.39 is 5.43 Å². The number of nitrogens with two attached hydrogens (primary N) is 1. The van der Waals surface area contributed by atoms with Crippen molar-refractivity contribution in [1.82, 2.24) is 0 Å². The molecule has 0 aliphatic carbocycles. The van der Waals surface area contributed by atoms with Crippen molar-refractivity contribution in [3.05, 3.63) is 52.7 Å². The number of nitrogen functional groups attached to an aromatic ring is 1. The molecule has 0 bridgehead atoms. The molecule has 1 aromatic heterocycles. The van der Waals surface area contributed by atoms with Crippen molar-refractivity contribution in [2.45, 2.75) is 0 Å². The largest absolute Gasteiger partial charge is 0.507 e. The van der Waals surface area contributed by atoms with Gasteiger partial charge >= 0.3 is 0 Å². The van der Waals surface area contributed by atoms with Gasteiger partial charge in [0.1, 0.15) is 34.0 Å². The summed E-state index contributed by atoms with van der Waals surface area (Å²) in [4.78, 5) is 13.9. The second-order valence-corrected chi connectivity index (χ2v) is 7.53.